The Bertz CT molecular complexity index is 707. The van der Waals surface area contributed by atoms with Crippen LogP contribution in [0.4, 0.5) is 5.69 Å². The van der Waals surface area contributed by atoms with Crippen LogP contribution in [-0.2, 0) is 11.3 Å². The van der Waals surface area contributed by atoms with Crippen LogP contribution in [0.2, 0.25) is 0 Å². The molecule has 0 atom stereocenters. The van der Waals surface area contributed by atoms with E-state index in [2.05, 4.69) is 5.32 Å². The third-order valence-electron chi connectivity index (χ3n) is 3.03. The minimum Gasteiger partial charge on any atom is -0.490 e. The number of aromatic nitrogens is 1. The van der Waals surface area contributed by atoms with Crippen molar-refractivity contribution in [3.8, 4) is 11.5 Å². The smallest absolute Gasteiger partial charge is 0.244 e. The van der Waals surface area contributed by atoms with Crippen molar-refractivity contribution in [3.05, 3.63) is 34.6 Å². The molecule has 110 valence electrons. The van der Waals surface area contributed by atoms with Gasteiger partial charge in [-0.25, -0.2) is 0 Å². The molecule has 0 saturated carbocycles. The molecular formula is C14H15N3O3S. The molecule has 2 N–H and O–H groups in total. The monoisotopic (exact) mass is 305 g/mol. The van der Waals surface area contributed by atoms with E-state index in [4.69, 9.17) is 14.9 Å². The average molecular weight is 305 g/mol. The summed E-state index contributed by atoms with van der Waals surface area (Å²) >= 11 is 1.29. The van der Waals surface area contributed by atoms with Gasteiger partial charge in [0.15, 0.2) is 16.3 Å². The zero-order chi connectivity index (χ0) is 14.7. The van der Waals surface area contributed by atoms with Crippen LogP contribution in [0.25, 0.3) is 0 Å². The molecular weight excluding hydrogens is 290 g/mol. The minimum atomic E-state index is -0.179. The van der Waals surface area contributed by atoms with Crippen molar-refractivity contribution in [2.75, 3.05) is 18.5 Å². The Morgan fingerprint density at radius 3 is 2.90 bits per heavy atom. The van der Waals surface area contributed by atoms with E-state index in [9.17, 15) is 4.79 Å². The molecule has 6 nitrogen and oxygen atoms in total. The molecule has 0 aliphatic carbocycles. The molecule has 3 rings (SSSR count). The average Bonchev–Trinajstić information content (AvgIpc) is 2.74. The maximum absolute atomic E-state index is 12.0. The summed E-state index contributed by atoms with van der Waals surface area (Å²) in [6.45, 7) is 1.37. The van der Waals surface area contributed by atoms with E-state index in [-0.39, 0.29) is 12.5 Å². The van der Waals surface area contributed by atoms with Gasteiger partial charge in [-0.05, 0) is 12.1 Å². The molecule has 1 aromatic heterocycles. The molecule has 2 aromatic rings. The molecule has 1 amide bonds. The normalized spacial score (nSPS) is 13.5. The molecule has 0 unspecified atom stereocenters. The van der Waals surface area contributed by atoms with Crippen molar-refractivity contribution in [2.45, 2.75) is 13.0 Å². The van der Waals surface area contributed by atoms with Crippen LogP contribution in [0.3, 0.4) is 0 Å². The molecule has 0 fully saturated rings. The van der Waals surface area contributed by atoms with Gasteiger partial charge in [0.1, 0.15) is 6.54 Å². The van der Waals surface area contributed by atoms with Crippen molar-refractivity contribution in [2.24, 2.45) is 0 Å². The maximum Gasteiger partial charge on any atom is 0.244 e. The standard InChI is InChI=1S/C14H15N3O3S/c15-14-17(4-7-21-14)9-13(18)16-10-2-3-11-12(8-10)20-6-1-5-19-11/h2-4,7-8,15H,1,5-6,9H2,(H,16,18). The number of anilines is 1. The van der Waals surface area contributed by atoms with Crippen molar-refractivity contribution in [1.29, 1.82) is 5.41 Å². The first-order chi connectivity index (χ1) is 10.2. The van der Waals surface area contributed by atoms with E-state index in [1.807, 2.05) is 0 Å². The number of nitrogens with one attached hydrogen (secondary N) is 2. The van der Waals surface area contributed by atoms with E-state index in [0.717, 1.165) is 6.42 Å². The van der Waals surface area contributed by atoms with Gasteiger partial charge in [-0.15, -0.1) is 11.3 Å². The van der Waals surface area contributed by atoms with Crippen LogP contribution in [0.5, 0.6) is 11.5 Å². The highest BCUT2D eigenvalue weighted by molar-refractivity contribution is 7.06. The van der Waals surface area contributed by atoms with E-state index < -0.39 is 0 Å². The second kappa shape index (κ2) is 6.01. The Kier molecular flexibility index (Phi) is 3.92. The third kappa shape index (κ3) is 3.25. The highest BCUT2D eigenvalue weighted by Crippen LogP contribution is 2.32. The molecule has 1 aliphatic rings. The second-order valence-corrected chi connectivity index (χ2v) is 5.49. The molecule has 2 heterocycles. The van der Waals surface area contributed by atoms with E-state index in [0.29, 0.717) is 35.2 Å². The molecule has 1 aliphatic heterocycles. The van der Waals surface area contributed by atoms with Crippen molar-refractivity contribution < 1.29 is 14.3 Å². The van der Waals surface area contributed by atoms with Crippen LogP contribution >= 0.6 is 11.3 Å². The highest BCUT2D eigenvalue weighted by atomic mass is 32.1. The van der Waals surface area contributed by atoms with Crippen molar-refractivity contribution in [1.82, 2.24) is 4.57 Å². The quantitative estimate of drug-likeness (QED) is 0.908. The molecule has 0 spiro atoms. The molecule has 21 heavy (non-hydrogen) atoms. The van der Waals surface area contributed by atoms with Gasteiger partial charge in [-0.1, -0.05) is 0 Å². The Morgan fingerprint density at radius 1 is 1.33 bits per heavy atom. The number of ether oxygens (including phenoxy) is 2. The number of amides is 1. The van der Waals surface area contributed by atoms with E-state index in [1.54, 1.807) is 34.3 Å². The number of hydrogen-bond donors (Lipinski definition) is 2. The van der Waals surface area contributed by atoms with Crippen LogP contribution in [0, 0.1) is 5.41 Å². The lowest BCUT2D eigenvalue weighted by molar-refractivity contribution is -0.116. The Labute approximate surface area is 125 Å². The highest BCUT2D eigenvalue weighted by Gasteiger charge is 2.12. The van der Waals surface area contributed by atoms with Crippen LogP contribution < -0.4 is 19.6 Å². The topological polar surface area (TPSA) is 76.3 Å². The van der Waals surface area contributed by atoms with Crippen molar-refractivity contribution in [3.63, 3.8) is 0 Å². The number of nitrogens with zero attached hydrogens (tertiary/aromatic N) is 1. The summed E-state index contributed by atoms with van der Waals surface area (Å²) in [5.41, 5.74) is 0.659. The zero-order valence-electron chi connectivity index (χ0n) is 11.3. The minimum absolute atomic E-state index is 0.122. The summed E-state index contributed by atoms with van der Waals surface area (Å²) < 4.78 is 12.7. The number of rotatable bonds is 3. The zero-order valence-corrected chi connectivity index (χ0v) is 12.1. The first kappa shape index (κ1) is 13.7. The Balaban J connectivity index is 1.70. The van der Waals surface area contributed by atoms with E-state index >= 15 is 0 Å². The van der Waals surface area contributed by atoms with Crippen LogP contribution in [-0.4, -0.2) is 23.7 Å². The lowest BCUT2D eigenvalue weighted by Crippen LogP contribution is -2.23. The van der Waals surface area contributed by atoms with Crippen LogP contribution in [0.15, 0.2) is 29.8 Å². The third-order valence-corrected chi connectivity index (χ3v) is 3.74. The molecule has 0 bridgehead atoms. The fraction of sp³-hybridized carbons (Fsp3) is 0.286. The summed E-state index contributed by atoms with van der Waals surface area (Å²) in [5, 5.41) is 12.2. The van der Waals surface area contributed by atoms with Gasteiger partial charge >= 0.3 is 0 Å². The number of carbonyl (C=O) groups excluding carboxylic acids is 1. The first-order valence-corrected chi connectivity index (χ1v) is 7.48. The number of benzene rings is 1. The number of thiazole rings is 1. The summed E-state index contributed by atoms with van der Waals surface area (Å²) in [6, 6.07) is 5.34. The summed E-state index contributed by atoms with van der Waals surface area (Å²) in [5.74, 6) is 1.17. The summed E-state index contributed by atoms with van der Waals surface area (Å²) in [6.07, 6.45) is 2.57. The van der Waals surface area contributed by atoms with Gasteiger partial charge in [0.05, 0.1) is 13.2 Å². The van der Waals surface area contributed by atoms with Gasteiger partial charge in [0.25, 0.3) is 0 Å². The van der Waals surface area contributed by atoms with Gasteiger partial charge in [0.2, 0.25) is 5.91 Å². The summed E-state index contributed by atoms with van der Waals surface area (Å²) in [4.78, 5) is 12.3. The fourth-order valence-corrected chi connectivity index (χ4v) is 2.62. The number of hydrogen-bond acceptors (Lipinski definition) is 5. The van der Waals surface area contributed by atoms with Gasteiger partial charge in [-0.3, -0.25) is 10.2 Å². The maximum atomic E-state index is 12.0. The number of carbonyl (C=O) groups is 1. The molecule has 7 heteroatoms. The molecule has 0 saturated heterocycles. The van der Waals surface area contributed by atoms with Gasteiger partial charge in [0, 0.05) is 29.8 Å². The second-order valence-electron chi connectivity index (χ2n) is 4.60. The lowest BCUT2D eigenvalue weighted by Gasteiger charge is -2.10. The van der Waals surface area contributed by atoms with E-state index in [1.165, 1.54) is 11.3 Å². The summed E-state index contributed by atoms with van der Waals surface area (Å²) in [7, 11) is 0. The fourth-order valence-electron chi connectivity index (χ4n) is 2.02. The largest absolute Gasteiger partial charge is 0.490 e. The lowest BCUT2D eigenvalue weighted by atomic mass is 10.2. The van der Waals surface area contributed by atoms with Crippen molar-refractivity contribution >= 4 is 22.9 Å². The van der Waals surface area contributed by atoms with Gasteiger partial charge in [-0.2, -0.15) is 0 Å². The number of fused-ring (bicyclic) bond motifs is 1. The van der Waals surface area contributed by atoms with Gasteiger partial charge < -0.3 is 19.4 Å². The predicted octanol–water partition coefficient (Wildman–Crippen LogP) is 1.83. The predicted molar refractivity (Wildman–Crippen MR) is 78.8 cm³/mol. The molecule has 0 radical (unpaired) electrons. The first-order valence-electron chi connectivity index (χ1n) is 6.60. The SMILES string of the molecule is N=c1sccn1CC(=O)Nc1ccc2c(c1)OCCCO2. The van der Waals surface area contributed by atoms with Crippen LogP contribution in [0.1, 0.15) is 6.42 Å². The molecule has 1 aromatic carbocycles. The Hall–Kier alpha value is -2.28. The Morgan fingerprint density at radius 2 is 2.14 bits per heavy atom.